The van der Waals surface area contributed by atoms with Gasteiger partial charge in [0.1, 0.15) is 11.3 Å². The molecule has 1 heterocycles. The first-order chi connectivity index (χ1) is 9.61. The highest BCUT2D eigenvalue weighted by atomic mass is 79.9. The lowest BCUT2D eigenvalue weighted by Gasteiger charge is -2.02. The minimum atomic E-state index is -0.281. The Labute approximate surface area is 124 Å². The molecule has 1 aliphatic rings. The summed E-state index contributed by atoms with van der Waals surface area (Å²) in [7, 11) is 1.52. The van der Waals surface area contributed by atoms with E-state index in [9.17, 15) is 10.0 Å². The van der Waals surface area contributed by atoms with E-state index in [1.165, 1.54) is 7.11 Å². The molecule has 0 aromatic heterocycles. The maximum atomic E-state index is 12.4. The number of carbonyl (C=O) groups is 1. The summed E-state index contributed by atoms with van der Waals surface area (Å²) in [5.74, 6) is 0.277. The number of hydrogen-bond acceptors (Lipinski definition) is 3. The topological polar surface area (TPSA) is 52.4 Å². The van der Waals surface area contributed by atoms with E-state index in [2.05, 4.69) is 15.9 Å². The Morgan fingerprint density at radius 2 is 1.85 bits per heavy atom. The predicted molar refractivity (Wildman–Crippen MR) is 78.9 cm³/mol. The second-order valence-electron chi connectivity index (χ2n) is 4.36. The Hall–Kier alpha value is -2.14. The number of methoxy groups -OCH3 is 1. The zero-order valence-corrected chi connectivity index (χ0v) is 12.2. The number of halogens is 1. The molecule has 0 unspecified atom stereocenters. The van der Waals surface area contributed by atoms with Crippen molar-refractivity contribution < 1.29 is 14.3 Å². The van der Waals surface area contributed by atoms with Gasteiger partial charge in [-0.3, -0.25) is 4.79 Å². The molecule has 20 heavy (non-hydrogen) atoms. The van der Waals surface area contributed by atoms with Crippen molar-refractivity contribution in [3.8, 4) is 5.75 Å². The van der Waals surface area contributed by atoms with Gasteiger partial charge in [-0.05, 0) is 36.4 Å². The number of ether oxygens (including phenoxy) is 1. The van der Waals surface area contributed by atoms with Gasteiger partial charge in [-0.25, -0.2) is 0 Å². The highest BCUT2D eigenvalue weighted by Crippen LogP contribution is 2.31. The summed E-state index contributed by atoms with van der Waals surface area (Å²) in [6.07, 6.45) is 0. The lowest BCUT2D eigenvalue weighted by molar-refractivity contribution is -0.355. The van der Waals surface area contributed by atoms with Gasteiger partial charge in [0, 0.05) is 10.5 Å². The predicted octanol–water partition coefficient (Wildman–Crippen LogP) is 3.29. The van der Waals surface area contributed by atoms with Gasteiger partial charge < -0.3 is 9.94 Å². The Morgan fingerprint density at radius 3 is 2.50 bits per heavy atom. The third kappa shape index (κ3) is 1.91. The average Bonchev–Trinajstić information content (AvgIpc) is 2.72. The molecule has 0 bridgehead atoms. The monoisotopic (exact) mass is 331 g/mol. The van der Waals surface area contributed by atoms with Crippen molar-refractivity contribution in [2.75, 3.05) is 7.11 Å². The number of fused-ring (bicyclic) bond motifs is 1. The van der Waals surface area contributed by atoms with Crippen molar-refractivity contribution >= 4 is 33.1 Å². The van der Waals surface area contributed by atoms with Crippen LogP contribution in [0.1, 0.15) is 15.9 Å². The molecule has 0 spiro atoms. The van der Waals surface area contributed by atoms with E-state index in [1.54, 1.807) is 42.5 Å². The lowest BCUT2D eigenvalue weighted by Crippen LogP contribution is -2.16. The molecule has 0 saturated heterocycles. The van der Waals surface area contributed by atoms with Gasteiger partial charge in [0.25, 0.3) is 11.5 Å². The number of rotatable bonds is 2. The summed E-state index contributed by atoms with van der Waals surface area (Å²) < 4.78 is 6.66. The van der Waals surface area contributed by atoms with Crippen LogP contribution in [0.5, 0.6) is 5.75 Å². The third-order valence-corrected chi connectivity index (χ3v) is 3.73. The van der Waals surface area contributed by atoms with Gasteiger partial charge >= 0.3 is 0 Å². The largest absolute Gasteiger partial charge is 0.618 e. The van der Waals surface area contributed by atoms with Crippen molar-refractivity contribution in [3.05, 3.63) is 63.3 Å². The second kappa shape index (κ2) is 4.76. The minimum absolute atomic E-state index is 0.140. The van der Waals surface area contributed by atoms with Crippen molar-refractivity contribution in [3.63, 3.8) is 0 Å². The number of Topliss-reactive ketones (excluding diaryl/α,β-unsaturated/α-hetero) is 1. The summed E-state index contributed by atoms with van der Waals surface area (Å²) in [6.45, 7) is 0. The van der Waals surface area contributed by atoms with E-state index >= 15 is 0 Å². The first-order valence-corrected chi connectivity index (χ1v) is 6.74. The number of carbonyl (C=O) groups excluding carboxylic acids is 1. The SMILES string of the molecule is COc1ccc2c(c1)C(=O)C(c1ccc(Br)cc1)=[N+]2[O-]. The molecule has 0 amide bonds. The summed E-state index contributed by atoms with van der Waals surface area (Å²) in [5, 5.41) is 12.3. The molecule has 0 aliphatic carbocycles. The van der Waals surface area contributed by atoms with E-state index in [0.717, 1.165) is 4.47 Å². The van der Waals surface area contributed by atoms with E-state index in [4.69, 9.17) is 4.74 Å². The molecule has 1 aliphatic heterocycles. The van der Waals surface area contributed by atoms with Crippen LogP contribution in [0, 0.1) is 5.21 Å². The fraction of sp³-hybridized carbons (Fsp3) is 0.0667. The second-order valence-corrected chi connectivity index (χ2v) is 5.28. The zero-order chi connectivity index (χ0) is 14.3. The molecular formula is C15H10BrNO3. The standard InChI is InChI=1S/C15H10BrNO3/c1-20-11-6-7-13-12(8-11)15(18)14(17(13)19)9-2-4-10(16)5-3-9/h2-8H,1H3. The van der Waals surface area contributed by atoms with E-state index in [1.807, 2.05) is 0 Å². The Bertz CT molecular complexity index is 735. The number of ketones is 1. The summed E-state index contributed by atoms with van der Waals surface area (Å²) in [5.41, 5.74) is 1.47. The molecule has 4 nitrogen and oxygen atoms in total. The minimum Gasteiger partial charge on any atom is -0.618 e. The summed E-state index contributed by atoms with van der Waals surface area (Å²) in [6, 6.07) is 11.9. The highest BCUT2D eigenvalue weighted by Gasteiger charge is 2.36. The molecule has 0 saturated carbocycles. The molecule has 3 rings (SSSR count). The Balaban J connectivity index is 2.13. The van der Waals surface area contributed by atoms with E-state index in [0.29, 0.717) is 27.3 Å². The smallest absolute Gasteiger partial charge is 0.272 e. The van der Waals surface area contributed by atoms with Crippen LogP contribution in [0.4, 0.5) is 5.69 Å². The molecule has 0 N–H and O–H groups in total. The number of nitrogens with zero attached hydrogens (tertiary/aromatic N) is 1. The molecule has 0 fully saturated rings. The first-order valence-electron chi connectivity index (χ1n) is 5.94. The van der Waals surface area contributed by atoms with Crippen molar-refractivity contribution in [1.82, 2.24) is 0 Å². The molecular weight excluding hydrogens is 322 g/mol. The Morgan fingerprint density at radius 1 is 1.15 bits per heavy atom. The molecule has 5 heteroatoms. The van der Waals surface area contributed by atoms with Crippen LogP contribution in [0.3, 0.4) is 0 Å². The van der Waals surface area contributed by atoms with Crippen molar-refractivity contribution in [2.24, 2.45) is 0 Å². The van der Waals surface area contributed by atoms with Gasteiger partial charge in [-0.15, -0.1) is 0 Å². The molecule has 0 radical (unpaired) electrons. The zero-order valence-electron chi connectivity index (χ0n) is 10.6. The molecule has 2 aromatic rings. The number of benzene rings is 2. The van der Waals surface area contributed by atoms with Crippen LogP contribution < -0.4 is 4.74 Å². The highest BCUT2D eigenvalue weighted by molar-refractivity contribution is 9.10. The van der Waals surface area contributed by atoms with Gasteiger partial charge in [-0.1, -0.05) is 15.9 Å². The quantitative estimate of drug-likeness (QED) is 0.626. The lowest BCUT2D eigenvalue weighted by atomic mass is 10.0. The van der Waals surface area contributed by atoms with Gasteiger partial charge in [0.2, 0.25) is 5.69 Å². The third-order valence-electron chi connectivity index (χ3n) is 3.20. The van der Waals surface area contributed by atoms with Crippen LogP contribution in [0.2, 0.25) is 0 Å². The van der Waals surface area contributed by atoms with Gasteiger partial charge in [0.05, 0.1) is 12.7 Å². The van der Waals surface area contributed by atoms with Crippen molar-refractivity contribution in [2.45, 2.75) is 0 Å². The first kappa shape index (κ1) is 12.9. The van der Waals surface area contributed by atoms with E-state index in [-0.39, 0.29) is 11.5 Å². The van der Waals surface area contributed by atoms with Crippen LogP contribution >= 0.6 is 15.9 Å². The number of hydrogen-bond donors (Lipinski definition) is 0. The fourth-order valence-electron chi connectivity index (χ4n) is 2.20. The van der Waals surface area contributed by atoms with Gasteiger partial charge in [-0.2, -0.15) is 4.74 Å². The van der Waals surface area contributed by atoms with Crippen LogP contribution in [-0.4, -0.2) is 23.3 Å². The van der Waals surface area contributed by atoms with Crippen LogP contribution in [-0.2, 0) is 0 Å². The van der Waals surface area contributed by atoms with Gasteiger partial charge in [0.15, 0.2) is 0 Å². The summed E-state index contributed by atoms with van der Waals surface area (Å²) in [4.78, 5) is 12.4. The average molecular weight is 332 g/mol. The fourth-order valence-corrected chi connectivity index (χ4v) is 2.46. The summed E-state index contributed by atoms with van der Waals surface area (Å²) >= 11 is 3.33. The van der Waals surface area contributed by atoms with Crippen LogP contribution in [0.15, 0.2) is 46.9 Å². The normalized spacial score (nSPS) is 13.6. The molecule has 0 atom stereocenters. The maximum absolute atomic E-state index is 12.4. The molecule has 100 valence electrons. The van der Waals surface area contributed by atoms with Crippen LogP contribution in [0.25, 0.3) is 0 Å². The van der Waals surface area contributed by atoms with E-state index < -0.39 is 0 Å². The maximum Gasteiger partial charge on any atom is 0.272 e. The Kier molecular flexibility index (Phi) is 3.06. The molecule has 2 aromatic carbocycles. The van der Waals surface area contributed by atoms with Crippen molar-refractivity contribution in [1.29, 1.82) is 0 Å².